The summed E-state index contributed by atoms with van der Waals surface area (Å²) in [4.78, 5) is 0. The van der Waals surface area contributed by atoms with Crippen molar-refractivity contribution in [1.82, 2.24) is 0 Å². The Bertz CT molecular complexity index is 47.5. The van der Waals surface area contributed by atoms with E-state index in [2.05, 4.69) is 27.7 Å². The fourth-order valence-corrected chi connectivity index (χ4v) is 4.37. The van der Waals surface area contributed by atoms with Crippen molar-refractivity contribution in [2.45, 2.75) is 49.0 Å². The molecular weight excluding hydrogens is 152 g/mol. The zero-order valence-corrected chi connectivity index (χ0v) is 8.29. The van der Waals surface area contributed by atoms with E-state index in [4.69, 9.17) is 0 Å². The molecule has 0 bridgehead atoms. The minimum absolute atomic E-state index is 0.556. The summed E-state index contributed by atoms with van der Waals surface area (Å²) < 4.78 is 0. The average Bonchev–Trinajstić information content (AvgIpc) is 1.95. The van der Waals surface area contributed by atoms with Crippen molar-refractivity contribution in [2.24, 2.45) is 0 Å². The van der Waals surface area contributed by atoms with E-state index in [9.17, 15) is 0 Å². The molecule has 0 aromatic carbocycles. The first-order chi connectivity index (χ1) is 4.24. The molecule has 0 saturated carbocycles. The third-order valence-corrected chi connectivity index (χ3v) is 8.75. The van der Waals surface area contributed by atoms with Crippen LogP contribution in [0.25, 0.3) is 0 Å². The molecule has 0 saturated heterocycles. The second-order valence-electron chi connectivity index (χ2n) is 2.06. The van der Waals surface area contributed by atoms with Gasteiger partial charge in [-0.2, -0.15) is 0 Å². The van der Waals surface area contributed by atoms with Gasteiger partial charge in [-0.05, 0) is 0 Å². The van der Waals surface area contributed by atoms with Crippen molar-refractivity contribution in [3.63, 3.8) is 0 Å². The van der Waals surface area contributed by atoms with Crippen molar-refractivity contribution in [3.8, 4) is 0 Å². The number of rotatable bonds is 4. The molecular formula is C8H20Fe. The number of hydrogen-bond donors (Lipinski definition) is 0. The Morgan fingerprint density at radius 3 is 0.889 bits per heavy atom. The van der Waals surface area contributed by atoms with Crippen molar-refractivity contribution >= 4 is 0 Å². The first kappa shape index (κ1) is 9.52. The molecule has 0 nitrogen and oxygen atoms in total. The number of hydrogen-bond acceptors (Lipinski definition) is 0. The quantitative estimate of drug-likeness (QED) is 0.564. The Balaban J connectivity index is 3.82. The van der Waals surface area contributed by atoms with Crippen LogP contribution in [0.3, 0.4) is 0 Å². The predicted molar refractivity (Wildman–Crippen MR) is 41.9 cm³/mol. The van der Waals surface area contributed by atoms with Gasteiger partial charge in [-0.1, -0.05) is 0 Å². The van der Waals surface area contributed by atoms with Crippen LogP contribution in [0.4, 0.5) is 0 Å². The van der Waals surface area contributed by atoms with Gasteiger partial charge >= 0.3 is 61.8 Å². The molecule has 0 atom stereocenters. The van der Waals surface area contributed by atoms with Crippen molar-refractivity contribution < 1.29 is 12.8 Å². The molecule has 0 N–H and O–H groups in total. The molecule has 0 aromatic heterocycles. The van der Waals surface area contributed by atoms with Gasteiger partial charge in [0.05, 0.1) is 0 Å². The van der Waals surface area contributed by atoms with E-state index in [0.29, 0.717) is 0 Å². The van der Waals surface area contributed by atoms with E-state index >= 15 is 0 Å². The summed E-state index contributed by atoms with van der Waals surface area (Å²) >= 11 is -0.556. The van der Waals surface area contributed by atoms with Crippen LogP contribution < -0.4 is 0 Å². The Labute approximate surface area is 62.3 Å². The average molecular weight is 172 g/mol. The zero-order valence-electron chi connectivity index (χ0n) is 7.18. The van der Waals surface area contributed by atoms with E-state index in [1.807, 2.05) is 0 Å². The first-order valence-corrected chi connectivity index (χ1v) is 6.95. The van der Waals surface area contributed by atoms with Crippen LogP contribution in [-0.2, 0) is 12.8 Å². The fraction of sp³-hybridized carbons (Fsp3) is 1.00. The molecule has 0 aliphatic carbocycles. The van der Waals surface area contributed by atoms with E-state index in [1.165, 1.54) is 21.3 Å². The van der Waals surface area contributed by atoms with Gasteiger partial charge in [0.2, 0.25) is 0 Å². The molecule has 0 unspecified atom stereocenters. The molecule has 0 aliphatic heterocycles. The normalized spacial score (nSPS) is 13.8. The Morgan fingerprint density at radius 2 is 0.889 bits per heavy atom. The van der Waals surface area contributed by atoms with E-state index in [1.54, 1.807) is 0 Å². The molecule has 0 spiro atoms. The fourth-order valence-electron chi connectivity index (χ4n) is 1.06. The monoisotopic (exact) mass is 172 g/mol. The molecule has 0 fully saturated rings. The van der Waals surface area contributed by atoms with Gasteiger partial charge < -0.3 is 0 Å². The second-order valence-corrected chi connectivity index (χ2v) is 8.50. The summed E-state index contributed by atoms with van der Waals surface area (Å²) in [5.41, 5.74) is 0. The topological polar surface area (TPSA) is 0 Å². The van der Waals surface area contributed by atoms with Crippen LogP contribution in [0, 0.1) is 0 Å². The Morgan fingerprint density at radius 1 is 0.667 bits per heavy atom. The Kier molecular flexibility index (Phi) is 4.60. The third kappa shape index (κ3) is 2.31. The summed E-state index contributed by atoms with van der Waals surface area (Å²) in [5.74, 6) is 0. The van der Waals surface area contributed by atoms with Gasteiger partial charge in [-0.3, -0.25) is 0 Å². The van der Waals surface area contributed by atoms with Crippen molar-refractivity contribution in [1.29, 1.82) is 0 Å². The van der Waals surface area contributed by atoms with Crippen molar-refractivity contribution in [3.05, 3.63) is 0 Å². The molecule has 0 aromatic rings. The zero-order chi connectivity index (χ0) is 7.33. The maximum atomic E-state index is 2.36. The van der Waals surface area contributed by atoms with Gasteiger partial charge in [0.15, 0.2) is 0 Å². The molecule has 0 heterocycles. The summed E-state index contributed by atoms with van der Waals surface area (Å²) in [5, 5.41) is 5.88. The van der Waals surface area contributed by atoms with Gasteiger partial charge in [0, 0.05) is 0 Å². The molecule has 9 heavy (non-hydrogen) atoms. The third-order valence-electron chi connectivity index (χ3n) is 2.12. The molecule has 60 valence electrons. The van der Waals surface area contributed by atoms with Gasteiger partial charge in [-0.25, -0.2) is 0 Å². The van der Waals surface area contributed by atoms with Crippen LogP contribution in [-0.4, -0.2) is 0 Å². The van der Waals surface area contributed by atoms with Crippen LogP contribution in [0.5, 0.6) is 0 Å². The van der Waals surface area contributed by atoms with Crippen LogP contribution in [0.2, 0.25) is 21.3 Å². The molecule has 1 heteroatoms. The predicted octanol–water partition coefficient (Wildman–Crippen LogP) is 3.89. The first-order valence-electron chi connectivity index (χ1n) is 3.83. The van der Waals surface area contributed by atoms with Crippen LogP contribution >= 0.6 is 0 Å². The molecule has 0 radical (unpaired) electrons. The maximum absolute atomic E-state index is 2.36. The Hall–Kier alpha value is 0.519. The van der Waals surface area contributed by atoms with E-state index < -0.39 is 12.8 Å². The summed E-state index contributed by atoms with van der Waals surface area (Å²) in [6.07, 6.45) is 0. The van der Waals surface area contributed by atoms with E-state index in [0.717, 1.165) is 0 Å². The molecule has 0 amide bonds. The standard InChI is InChI=1S/4C2H5.Fe/c4*1-2;/h4*1H2,2H3;. The molecule has 0 rings (SSSR count). The van der Waals surface area contributed by atoms with Gasteiger partial charge in [-0.15, -0.1) is 0 Å². The summed E-state index contributed by atoms with van der Waals surface area (Å²) in [6.45, 7) is 9.43. The summed E-state index contributed by atoms with van der Waals surface area (Å²) in [7, 11) is 0. The SMILES string of the molecule is C[CH2][Fe]([CH2]C)([CH2]C)[CH2]C. The van der Waals surface area contributed by atoms with Crippen LogP contribution in [0.1, 0.15) is 27.7 Å². The molecule has 0 aliphatic rings. The van der Waals surface area contributed by atoms with Crippen molar-refractivity contribution in [2.75, 3.05) is 0 Å². The van der Waals surface area contributed by atoms with E-state index in [-0.39, 0.29) is 0 Å². The second kappa shape index (κ2) is 4.35. The van der Waals surface area contributed by atoms with Gasteiger partial charge in [0.25, 0.3) is 0 Å². The minimum atomic E-state index is -0.556. The van der Waals surface area contributed by atoms with Gasteiger partial charge in [0.1, 0.15) is 0 Å². The summed E-state index contributed by atoms with van der Waals surface area (Å²) in [6, 6.07) is 0. The van der Waals surface area contributed by atoms with Crippen LogP contribution in [0.15, 0.2) is 0 Å².